The lowest BCUT2D eigenvalue weighted by Crippen LogP contribution is -2.09. The summed E-state index contributed by atoms with van der Waals surface area (Å²) in [5.41, 5.74) is 9.50. The van der Waals surface area contributed by atoms with Crippen molar-refractivity contribution in [3.63, 3.8) is 0 Å². The monoisotopic (exact) mass is 592 g/mol. The lowest BCUT2D eigenvalue weighted by atomic mass is 10.0. The molecule has 212 valence electrons. The molecule has 0 aliphatic heterocycles. The van der Waals surface area contributed by atoms with Crippen LogP contribution in [0, 0.1) is 0 Å². The third kappa shape index (κ3) is 4.24. The second-order valence-corrected chi connectivity index (χ2v) is 12.5. The summed E-state index contributed by atoms with van der Waals surface area (Å²) in [7, 11) is 0. The highest BCUT2D eigenvalue weighted by Gasteiger charge is 2.20. The van der Waals surface area contributed by atoms with Gasteiger partial charge in [-0.15, -0.1) is 11.3 Å². The van der Waals surface area contributed by atoms with E-state index in [9.17, 15) is 0 Å². The van der Waals surface area contributed by atoms with Gasteiger partial charge in [0.05, 0.1) is 11.0 Å². The summed E-state index contributed by atoms with van der Waals surface area (Å²) in [6, 6.07) is 61.3. The second-order valence-electron chi connectivity index (χ2n) is 11.4. The molecule has 0 unspecified atom stereocenters. The van der Waals surface area contributed by atoms with Crippen LogP contribution in [-0.2, 0) is 0 Å². The van der Waals surface area contributed by atoms with Crippen LogP contribution in [0.25, 0.3) is 58.8 Å². The Kier molecular flexibility index (Phi) is 6.03. The lowest BCUT2D eigenvalue weighted by molar-refractivity contribution is 1.19. The van der Waals surface area contributed by atoms with Gasteiger partial charge in [-0.3, -0.25) is 0 Å². The first-order chi connectivity index (χ1) is 22.3. The Morgan fingerprint density at radius 2 is 1.04 bits per heavy atom. The van der Waals surface area contributed by atoms with E-state index in [1.165, 1.54) is 58.8 Å². The van der Waals surface area contributed by atoms with E-state index in [0.29, 0.717) is 0 Å². The average molecular weight is 593 g/mol. The highest BCUT2D eigenvalue weighted by molar-refractivity contribution is 7.26. The van der Waals surface area contributed by atoms with Gasteiger partial charge in [0, 0.05) is 53.7 Å². The first-order valence-electron chi connectivity index (χ1n) is 15.3. The molecule has 0 amide bonds. The Morgan fingerprint density at radius 3 is 1.73 bits per heavy atom. The molecule has 9 rings (SSSR count). The van der Waals surface area contributed by atoms with Gasteiger partial charge in [-0.1, -0.05) is 97.1 Å². The van der Waals surface area contributed by atoms with Crippen LogP contribution < -0.4 is 4.90 Å². The van der Waals surface area contributed by atoms with Gasteiger partial charge in [0.15, 0.2) is 0 Å². The van der Waals surface area contributed by atoms with E-state index in [4.69, 9.17) is 0 Å². The molecule has 0 spiro atoms. The molecule has 3 heteroatoms. The van der Waals surface area contributed by atoms with Crippen molar-refractivity contribution in [2.75, 3.05) is 4.90 Å². The molecule has 0 atom stereocenters. The quantitative estimate of drug-likeness (QED) is 0.193. The standard InChI is InChI=1S/C42H28N2S/c1-5-13-29(14-6-1)30-21-25-39-37(27-30)41-40(45-39)26-23-35-36-28-34(22-24-38(36)44(42(35)41)33-19-11-4-12-20-33)43(31-15-7-2-8-16-31)32-17-9-3-10-18-32/h1-28H. The van der Waals surface area contributed by atoms with E-state index in [0.717, 1.165) is 17.1 Å². The Hall–Kier alpha value is -5.64. The molecule has 0 saturated carbocycles. The van der Waals surface area contributed by atoms with Crippen LogP contribution in [0.1, 0.15) is 0 Å². The van der Waals surface area contributed by atoms with Crippen LogP contribution >= 0.6 is 11.3 Å². The van der Waals surface area contributed by atoms with Crippen molar-refractivity contribution >= 4 is 70.4 Å². The molecule has 0 saturated heterocycles. The number of rotatable bonds is 5. The Balaban J connectivity index is 1.37. The largest absolute Gasteiger partial charge is 0.310 e. The molecule has 45 heavy (non-hydrogen) atoms. The maximum Gasteiger partial charge on any atom is 0.0634 e. The first kappa shape index (κ1) is 25.8. The van der Waals surface area contributed by atoms with E-state index >= 15 is 0 Å². The fourth-order valence-corrected chi connectivity index (χ4v) is 7.84. The van der Waals surface area contributed by atoms with Crippen LogP contribution in [0.2, 0.25) is 0 Å². The zero-order chi connectivity index (χ0) is 29.7. The lowest BCUT2D eigenvalue weighted by Gasteiger charge is -2.25. The van der Waals surface area contributed by atoms with Crippen molar-refractivity contribution in [1.29, 1.82) is 0 Å². The van der Waals surface area contributed by atoms with E-state index in [1.54, 1.807) is 0 Å². The van der Waals surface area contributed by atoms with Gasteiger partial charge in [0.25, 0.3) is 0 Å². The SMILES string of the molecule is c1ccc(-c2ccc3sc4ccc5c6cc(N(c7ccccc7)c7ccccc7)ccc6n(-c6ccccc6)c5c4c3c2)cc1. The molecule has 0 aliphatic rings. The minimum atomic E-state index is 1.13. The molecule has 0 radical (unpaired) electrons. The van der Waals surface area contributed by atoms with Crippen molar-refractivity contribution in [2.24, 2.45) is 0 Å². The number of hydrogen-bond acceptors (Lipinski definition) is 2. The van der Waals surface area contributed by atoms with Crippen molar-refractivity contribution in [3.8, 4) is 16.8 Å². The summed E-state index contributed by atoms with van der Waals surface area (Å²) < 4.78 is 5.08. The van der Waals surface area contributed by atoms with Gasteiger partial charge in [-0.25, -0.2) is 0 Å². The predicted octanol–water partition coefficient (Wildman–Crippen LogP) is 12.3. The minimum absolute atomic E-state index is 1.13. The van der Waals surface area contributed by atoms with E-state index in [1.807, 2.05) is 11.3 Å². The number of nitrogens with zero attached hydrogens (tertiary/aromatic N) is 2. The highest BCUT2D eigenvalue weighted by Crippen LogP contribution is 2.45. The fourth-order valence-electron chi connectivity index (χ4n) is 6.75. The van der Waals surface area contributed by atoms with Gasteiger partial charge in [0.2, 0.25) is 0 Å². The molecule has 0 fully saturated rings. The molecule has 2 aromatic heterocycles. The molecule has 7 aromatic carbocycles. The van der Waals surface area contributed by atoms with Crippen molar-refractivity contribution in [2.45, 2.75) is 0 Å². The van der Waals surface area contributed by atoms with Crippen molar-refractivity contribution < 1.29 is 0 Å². The number of para-hydroxylation sites is 3. The normalized spacial score (nSPS) is 11.6. The number of hydrogen-bond donors (Lipinski definition) is 0. The first-order valence-corrected chi connectivity index (χ1v) is 16.1. The topological polar surface area (TPSA) is 8.17 Å². The summed E-state index contributed by atoms with van der Waals surface area (Å²) in [4.78, 5) is 2.34. The average Bonchev–Trinajstić information content (AvgIpc) is 3.65. The number of anilines is 3. The molecule has 2 heterocycles. The number of aromatic nitrogens is 1. The summed E-state index contributed by atoms with van der Waals surface area (Å²) >= 11 is 1.88. The summed E-state index contributed by atoms with van der Waals surface area (Å²) in [6.45, 7) is 0. The maximum absolute atomic E-state index is 2.47. The zero-order valence-corrected chi connectivity index (χ0v) is 25.3. The van der Waals surface area contributed by atoms with Gasteiger partial charge < -0.3 is 9.47 Å². The summed E-state index contributed by atoms with van der Waals surface area (Å²) in [5, 5.41) is 5.12. The van der Waals surface area contributed by atoms with Crippen molar-refractivity contribution in [1.82, 2.24) is 4.57 Å². The predicted molar refractivity (Wildman–Crippen MR) is 194 cm³/mol. The van der Waals surface area contributed by atoms with Gasteiger partial charge in [-0.2, -0.15) is 0 Å². The number of thiophene rings is 1. The molecule has 0 aliphatic carbocycles. The second kappa shape index (κ2) is 10.5. The summed E-state index contributed by atoms with van der Waals surface area (Å²) in [6.07, 6.45) is 0. The van der Waals surface area contributed by atoms with Crippen molar-refractivity contribution in [3.05, 3.63) is 170 Å². The van der Waals surface area contributed by atoms with Gasteiger partial charge in [-0.05, 0) is 83.9 Å². The third-order valence-electron chi connectivity index (χ3n) is 8.75. The molecular weight excluding hydrogens is 565 g/mol. The molecule has 0 bridgehead atoms. The van der Waals surface area contributed by atoms with Crippen LogP contribution in [0.4, 0.5) is 17.1 Å². The van der Waals surface area contributed by atoms with E-state index < -0.39 is 0 Å². The van der Waals surface area contributed by atoms with Gasteiger partial charge >= 0.3 is 0 Å². The molecule has 2 nitrogen and oxygen atoms in total. The molecular formula is C42H28N2S. The Morgan fingerprint density at radius 1 is 0.422 bits per heavy atom. The fraction of sp³-hybridized carbons (Fsp3) is 0. The molecule has 9 aromatic rings. The Labute approximate surface area is 265 Å². The number of fused-ring (bicyclic) bond motifs is 7. The maximum atomic E-state index is 2.47. The van der Waals surface area contributed by atoms with E-state index in [-0.39, 0.29) is 0 Å². The smallest absolute Gasteiger partial charge is 0.0634 e. The minimum Gasteiger partial charge on any atom is -0.310 e. The third-order valence-corrected chi connectivity index (χ3v) is 9.89. The van der Waals surface area contributed by atoms with Crippen LogP contribution in [-0.4, -0.2) is 4.57 Å². The van der Waals surface area contributed by atoms with Crippen LogP contribution in [0.15, 0.2) is 170 Å². The van der Waals surface area contributed by atoms with Crippen LogP contribution in [0.3, 0.4) is 0 Å². The zero-order valence-electron chi connectivity index (χ0n) is 24.5. The van der Waals surface area contributed by atoms with Crippen LogP contribution in [0.5, 0.6) is 0 Å². The number of benzene rings is 7. The van der Waals surface area contributed by atoms with E-state index in [2.05, 4.69) is 179 Å². The summed E-state index contributed by atoms with van der Waals surface area (Å²) in [5.74, 6) is 0. The van der Waals surface area contributed by atoms with Gasteiger partial charge in [0.1, 0.15) is 0 Å². The highest BCUT2D eigenvalue weighted by atomic mass is 32.1. The molecule has 0 N–H and O–H groups in total. The Bertz CT molecular complexity index is 2420.